The van der Waals surface area contributed by atoms with Gasteiger partial charge in [0.15, 0.2) is 5.82 Å². The number of H-pyrrole nitrogens is 1. The number of nitriles is 1. The number of piperazine rings is 1. The molecule has 0 saturated carbocycles. The number of benzene rings is 2. The van der Waals surface area contributed by atoms with Crippen molar-refractivity contribution in [3.8, 4) is 11.9 Å². The lowest BCUT2D eigenvalue weighted by Crippen LogP contribution is -2.48. The summed E-state index contributed by atoms with van der Waals surface area (Å²) in [7, 11) is 0. The minimum absolute atomic E-state index is 0.0960. The van der Waals surface area contributed by atoms with Gasteiger partial charge in [-0.15, -0.1) is 0 Å². The Bertz CT molecular complexity index is 1600. The van der Waals surface area contributed by atoms with Crippen molar-refractivity contribution in [2.24, 2.45) is 0 Å². The van der Waals surface area contributed by atoms with Crippen molar-refractivity contribution < 1.29 is 13.9 Å². The molecule has 4 aromatic rings. The summed E-state index contributed by atoms with van der Waals surface area (Å²) in [6.45, 7) is 8.28. The van der Waals surface area contributed by atoms with E-state index >= 15 is 4.39 Å². The number of piperidine rings is 1. The highest BCUT2D eigenvalue weighted by molar-refractivity contribution is 5.94. The van der Waals surface area contributed by atoms with Crippen LogP contribution in [0.5, 0.6) is 5.88 Å². The summed E-state index contributed by atoms with van der Waals surface area (Å²) in [5.74, 6) is 0.433. The molecule has 4 heterocycles. The first-order valence-electron chi connectivity index (χ1n) is 14.8. The summed E-state index contributed by atoms with van der Waals surface area (Å²) in [6, 6.07) is 13.0. The van der Waals surface area contributed by atoms with Gasteiger partial charge < -0.3 is 14.6 Å². The van der Waals surface area contributed by atoms with Crippen molar-refractivity contribution >= 4 is 16.9 Å². The van der Waals surface area contributed by atoms with Gasteiger partial charge in [0.2, 0.25) is 5.88 Å². The number of amides is 1. The monoisotopic (exact) mass is 582 g/mol. The maximum absolute atomic E-state index is 15.3. The number of halogens is 1. The van der Waals surface area contributed by atoms with E-state index in [-0.39, 0.29) is 23.5 Å². The number of imidazole rings is 1. The summed E-state index contributed by atoms with van der Waals surface area (Å²) in [5, 5.41) is 8.99. The van der Waals surface area contributed by atoms with Gasteiger partial charge in [0.05, 0.1) is 47.4 Å². The summed E-state index contributed by atoms with van der Waals surface area (Å²) >= 11 is 0. The molecular formula is C32H35FN8O2. The molecule has 2 aromatic carbocycles. The molecule has 2 aromatic heterocycles. The quantitative estimate of drug-likeness (QED) is 0.330. The Hall–Kier alpha value is -4.40. The predicted molar refractivity (Wildman–Crippen MR) is 159 cm³/mol. The second kappa shape index (κ2) is 12.9. The van der Waals surface area contributed by atoms with Crippen molar-refractivity contribution in [1.29, 1.82) is 5.26 Å². The zero-order valence-electron chi connectivity index (χ0n) is 24.3. The fourth-order valence-electron chi connectivity index (χ4n) is 5.94. The first-order chi connectivity index (χ1) is 21.0. The number of hydrogen-bond acceptors (Lipinski definition) is 8. The van der Waals surface area contributed by atoms with Gasteiger partial charge in [0, 0.05) is 45.3 Å². The molecule has 10 nitrogen and oxygen atoms in total. The van der Waals surface area contributed by atoms with Gasteiger partial charge in [-0.1, -0.05) is 12.1 Å². The summed E-state index contributed by atoms with van der Waals surface area (Å²) in [5.41, 5.74) is 4.50. The fraction of sp³-hybridized carbons (Fsp3) is 0.406. The maximum Gasteiger partial charge on any atom is 0.289 e. The number of aromatic amines is 1. The first-order valence-corrected chi connectivity index (χ1v) is 14.8. The van der Waals surface area contributed by atoms with Gasteiger partial charge in [0.1, 0.15) is 5.82 Å². The van der Waals surface area contributed by atoms with Gasteiger partial charge in [-0.3, -0.25) is 19.6 Å². The minimum atomic E-state index is -0.273. The van der Waals surface area contributed by atoms with E-state index in [2.05, 4.69) is 35.8 Å². The molecule has 0 radical (unpaired) electrons. The third-order valence-electron chi connectivity index (χ3n) is 8.34. The zero-order valence-corrected chi connectivity index (χ0v) is 24.3. The highest BCUT2D eigenvalue weighted by atomic mass is 19.1. The number of ether oxygens (including phenoxy) is 1. The Labute approximate surface area is 250 Å². The summed E-state index contributed by atoms with van der Waals surface area (Å²) in [4.78, 5) is 36.1. The average molecular weight is 583 g/mol. The number of nitrogens with zero attached hydrogens (tertiary/aromatic N) is 7. The number of carbonyl (C=O) groups is 1. The van der Waals surface area contributed by atoms with E-state index < -0.39 is 0 Å². The lowest BCUT2D eigenvalue weighted by molar-refractivity contribution is 0.0618. The number of hydrogen-bond donors (Lipinski definition) is 1. The van der Waals surface area contributed by atoms with E-state index in [0.29, 0.717) is 54.3 Å². The second-order valence-corrected chi connectivity index (χ2v) is 11.2. The summed E-state index contributed by atoms with van der Waals surface area (Å²) in [6.07, 6.45) is 5.07. The number of carbonyl (C=O) groups excluding carboxylic acids is 1. The van der Waals surface area contributed by atoms with E-state index in [4.69, 9.17) is 10.00 Å². The minimum Gasteiger partial charge on any atom is -0.477 e. The number of aromatic nitrogens is 4. The third kappa shape index (κ3) is 6.66. The van der Waals surface area contributed by atoms with Gasteiger partial charge >= 0.3 is 0 Å². The van der Waals surface area contributed by atoms with Crippen LogP contribution in [0, 0.1) is 17.1 Å². The number of fused-ring (bicyclic) bond motifs is 1. The van der Waals surface area contributed by atoms with Crippen LogP contribution in [-0.4, -0.2) is 86.4 Å². The largest absolute Gasteiger partial charge is 0.477 e. The van der Waals surface area contributed by atoms with Crippen LogP contribution in [0.25, 0.3) is 11.0 Å². The first kappa shape index (κ1) is 28.7. The Morgan fingerprint density at radius 2 is 1.77 bits per heavy atom. The Balaban J connectivity index is 1.04. The molecule has 6 rings (SSSR count). The molecule has 0 atom stereocenters. The van der Waals surface area contributed by atoms with Gasteiger partial charge in [-0.2, -0.15) is 5.26 Å². The number of likely N-dealkylation sites (tertiary alicyclic amines) is 1. The molecule has 11 heteroatoms. The van der Waals surface area contributed by atoms with E-state index in [9.17, 15) is 4.79 Å². The molecular weight excluding hydrogens is 547 g/mol. The standard InChI is InChI=1S/C32H35FN8O2/c1-2-43-30-19-35-25(18-36-30)21-39-9-7-24(8-10-39)26-15-28-29(16-27(26)33)38-31(37-28)32(42)41-13-11-40(12-14-41)20-23-5-3-22(17-34)4-6-23/h3-6,15-16,18-19,24H,2,7-14,20-21H2,1H3,(H,37,38). The molecule has 43 heavy (non-hydrogen) atoms. The third-order valence-corrected chi connectivity index (χ3v) is 8.34. The van der Waals surface area contributed by atoms with Crippen LogP contribution in [0.15, 0.2) is 48.8 Å². The highest BCUT2D eigenvalue weighted by Gasteiger charge is 2.27. The molecule has 2 aliphatic rings. The van der Waals surface area contributed by atoms with Crippen molar-refractivity contribution in [3.63, 3.8) is 0 Å². The maximum atomic E-state index is 15.3. The normalized spacial score (nSPS) is 16.8. The molecule has 2 aliphatic heterocycles. The topological polar surface area (TPSA) is 114 Å². The molecule has 1 N–H and O–H groups in total. The summed E-state index contributed by atoms with van der Waals surface area (Å²) < 4.78 is 20.6. The second-order valence-electron chi connectivity index (χ2n) is 11.2. The lowest BCUT2D eigenvalue weighted by atomic mass is 9.88. The predicted octanol–water partition coefficient (Wildman–Crippen LogP) is 4.10. The van der Waals surface area contributed by atoms with Gasteiger partial charge in [-0.25, -0.2) is 14.4 Å². The Kier molecular flexibility index (Phi) is 8.58. The van der Waals surface area contributed by atoms with Crippen molar-refractivity contribution in [2.75, 3.05) is 45.9 Å². The van der Waals surface area contributed by atoms with Crippen molar-refractivity contribution in [1.82, 2.24) is 34.6 Å². The van der Waals surface area contributed by atoms with Gasteiger partial charge in [0.25, 0.3) is 5.91 Å². The molecule has 1 amide bonds. The molecule has 0 spiro atoms. The highest BCUT2D eigenvalue weighted by Crippen LogP contribution is 2.32. The van der Waals surface area contributed by atoms with E-state index in [0.717, 1.165) is 56.8 Å². The molecule has 2 fully saturated rings. The van der Waals surface area contributed by atoms with Crippen LogP contribution in [0.2, 0.25) is 0 Å². The molecule has 2 saturated heterocycles. The average Bonchev–Trinajstić information content (AvgIpc) is 3.45. The van der Waals surface area contributed by atoms with Gasteiger partial charge in [-0.05, 0) is 68.1 Å². The SMILES string of the molecule is CCOc1cnc(CN2CCC(c3cc4[nH]c(C(=O)N5CCN(Cc6ccc(C#N)cc6)CC5)nc4cc3F)CC2)cn1. The fourth-order valence-corrected chi connectivity index (χ4v) is 5.94. The zero-order chi connectivity index (χ0) is 29.8. The van der Waals surface area contributed by atoms with Crippen molar-refractivity contribution in [2.45, 2.75) is 38.8 Å². The van der Waals surface area contributed by atoms with E-state index in [1.165, 1.54) is 6.07 Å². The van der Waals surface area contributed by atoms with Crippen LogP contribution in [-0.2, 0) is 13.1 Å². The molecule has 0 bridgehead atoms. The van der Waals surface area contributed by atoms with Crippen LogP contribution in [0.3, 0.4) is 0 Å². The van der Waals surface area contributed by atoms with E-state index in [1.807, 2.05) is 37.3 Å². The Morgan fingerprint density at radius 3 is 2.44 bits per heavy atom. The molecule has 222 valence electrons. The van der Waals surface area contributed by atoms with Crippen LogP contribution in [0.4, 0.5) is 4.39 Å². The Morgan fingerprint density at radius 1 is 1.02 bits per heavy atom. The van der Waals surface area contributed by atoms with Crippen LogP contribution < -0.4 is 4.74 Å². The molecule has 0 aliphatic carbocycles. The number of nitrogens with one attached hydrogen (secondary N) is 1. The smallest absolute Gasteiger partial charge is 0.289 e. The lowest BCUT2D eigenvalue weighted by Gasteiger charge is -2.34. The molecule has 0 unspecified atom stereocenters. The van der Waals surface area contributed by atoms with Crippen molar-refractivity contribution in [3.05, 3.63) is 82.8 Å². The number of rotatable bonds is 8. The van der Waals surface area contributed by atoms with Crippen LogP contribution in [0.1, 0.15) is 58.7 Å². The van der Waals surface area contributed by atoms with Crippen LogP contribution >= 0.6 is 0 Å². The van der Waals surface area contributed by atoms with E-state index in [1.54, 1.807) is 17.3 Å².